The smallest absolute Gasteiger partial charge is 0.228 e. The molecule has 0 bridgehead atoms. The Morgan fingerprint density at radius 3 is 2.64 bits per heavy atom. The zero-order valence-corrected chi connectivity index (χ0v) is 23.2. The highest BCUT2D eigenvalue weighted by Gasteiger charge is 2.17. The molecule has 204 valence electrons. The first-order valence-electron chi connectivity index (χ1n) is 13.3. The fourth-order valence-electron chi connectivity index (χ4n) is 4.90. The number of anilines is 1. The number of amides is 1. The van der Waals surface area contributed by atoms with Crippen LogP contribution in [-0.2, 0) is 11.2 Å². The van der Waals surface area contributed by atoms with Gasteiger partial charge in [0.25, 0.3) is 0 Å². The van der Waals surface area contributed by atoms with Crippen molar-refractivity contribution in [3.05, 3.63) is 102 Å². The minimum absolute atomic E-state index is 0.0452. The number of aromatic nitrogens is 6. The van der Waals surface area contributed by atoms with Crippen molar-refractivity contribution in [2.24, 2.45) is 0 Å². The Morgan fingerprint density at radius 1 is 0.929 bits per heavy atom. The van der Waals surface area contributed by atoms with Crippen LogP contribution in [0.5, 0.6) is 0 Å². The first kappa shape index (κ1) is 25.5. The summed E-state index contributed by atoms with van der Waals surface area (Å²) in [5, 5.41) is 11.4. The van der Waals surface area contributed by atoms with Gasteiger partial charge in [-0.2, -0.15) is 5.10 Å². The van der Waals surface area contributed by atoms with E-state index in [2.05, 4.69) is 30.5 Å². The van der Waals surface area contributed by atoms with Crippen LogP contribution in [0.1, 0.15) is 22.2 Å². The lowest BCUT2D eigenvalue weighted by Gasteiger charge is -2.07. The second kappa shape index (κ2) is 10.5. The summed E-state index contributed by atoms with van der Waals surface area (Å²) in [6.45, 7) is 1.57. The molecule has 5 aromatic heterocycles. The maximum atomic E-state index is 12.6. The quantitative estimate of drug-likeness (QED) is 0.184. The number of thiophene rings is 1. The van der Waals surface area contributed by atoms with E-state index >= 15 is 0 Å². The number of ketones is 1. The standard InChI is InChI=1S/C32H23N7O2S/c1-18(40)27-10-11-28(42-27)22-8-5-9-24-30(22)37-32(36-24)31-23-14-25(34-17-26(23)38-39-31)20-13-21(16-33-15-20)35-29(41)12-19-6-3-2-4-7-19/h2-11,13-17H,12H2,1H3,(H,35,41)(H,36,37)(H,38,39). The van der Waals surface area contributed by atoms with Crippen molar-refractivity contribution < 1.29 is 9.59 Å². The number of carbonyl (C=O) groups is 2. The Balaban J connectivity index is 1.21. The molecule has 7 aromatic rings. The van der Waals surface area contributed by atoms with Crippen LogP contribution in [0.2, 0.25) is 0 Å². The van der Waals surface area contributed by atoms with Gasteiger partial charge in [0.2, 0.25) is 5.91 Å². The number of aromatic amines is 2. The average Bonchev–Trinajstić information content (AvgIpc) is 3.75. The van der Waals surface area contributed by atoms with Crippen molar-refractivity contribution in [1.82, 2.24) is 30.1 Å². The van der Waals surface area contributed by atoms with Gasteiger partial charge in [0.15, 0.2) is 11.6 Å². The molecule has 5 heterocycles. The third-order valence-corrected chi connectivity index (χ3v) is 8.15. The number of Topliss-reactive ketones (excluding diaryl/α,β-unsaturated/α-hetero) is 1. The Morgan fingerprint density at radius 2 is 1.81 bits per heavy atom. The maximum absolute atomic E-state index is 12.6. The Labute approximate surface area is 243 Å². The normalized spacial score (nSPS) is 11.3. The molecule has 0 radical (unpaired) electrons. The zero-order chi connectivity index (χ0) is 28.6. The molecular formula is C32H23N7O2S. The number of hydrogen-bond donors (Lipinski definition) is 3. The van der Waals surface area contributed by atoms with Gasteiger partial charge in [0.05, 0.1) is 51.6 Å². The molecule has 0 saturated carbocycles. The van der Waals surface area contributed by atoms with Gasteiger partial charge in [0.1, 0.15) is 5.69 Å². The first-order chi connectivity index (χ1) is 20.5. The van der Waals surface area contributed by atoms with E-state index in [4.69, 9.17) is 4.98 Å². The Hall–Kier alpha value is -5.48. The minimum Gasteiger partial charge on any atom is -0.337 e. The van der Waals surface area contributed by atoms with Gasteiger partial charge in [-0.05, 0) is 42.8 Å². The molecular weight excluding hydrogens is 546 g/mol. The molecule has 0 fully saturated rings. The predicted molar refractivity (Wildman–Crippen MR) is 164 cm³/mol. The molecule has 0 spiro atoms. The number of H-pyrrole nitrogens is 2. The van der Waals surface area contributed by atoms with Crippen molar-refractivity contribution in [1.29, 1.82) is 0 Å². The van der Waals surface area contributed by atoms with E-state index in [0.29, 0.717) is 27.8 Å². The summed E-state index contributed by atoms with van der Waals surface area (Å²) in [7, 11) is 0. The maximum Gasteiger partial charge on any atom is 0.228 e. The number of pyridine rings is 2. The van der Waals surface area contributed by atoms with Crippen molar-refractivity contribution in [2.45, 2.75) is 13.3 Å². The van der Waals surface area contributed by atoms with E-state index in [1.165, 1.54) is 11.3 Å². The van der Waals surface area contributed by atoms with Crippen LogP contribution in [0.25, 0.3) is 55.2 Å². The lowest BCUT2D eigenvalue weighted by Crippen LogP contribution is -2.14. The molecule has 0 aliphatic carbocycles. The molecule has 0 unspecified atom stereocenters. The molecule has 0 aliphatic heterocycles. The molecule has 0 saturated heterocycles. The van der Waals surface area contributed by atoms with E-state index in [9.17, 15) is 9.59 Å². The largest absolute Gasteiger partial charge is 0.337 e. The Kier molecular flexibility index (Phi) is 6.37. The SMILES string of the molecule is CC(=O)c1ccc(-c2cccc3[nH]c(-c4n[nH]c5cnc(-c6cncc(NC(=O)Cc7ccccc7)c6)cc45)nc23)s1. The molecule has 42 heavy (non-hydrogen) atoms. The topological polar surface area (TPSA) is 129 Å². The van der Waals surface area contributed by atoms with Crippen LogP contribution in [0, 0.1) is 0 Å². The summed E-state index contributed by atoms with van der Waals surface area (Å²) in [5.41, 5.74) is 7.02. The van der Waals surface area contributed by atoms with Crippen LogP contribution in [0.4, 0.5) is 5.69 Å². The highest BCUT2D eigenvalue weighted by molar-refractivity contribution is 7.17. The number of carbonyl (C=O) groups excluding carboxylic acids is 2. The number of nitrogens with zero attached hydrogens (tertiary/aromatic N) is 4. The molecule has 2 aromatic carbocycles. The summed E-state index contributed by atoms with van der Waals surface area (Å²) in [5.74, 6) is 0.540. The molecule has 0 aliphatic rings. The number of benzene rings is 2. The van der Waals surface area contributed by atoms with E-state index < -0.39 is 0 Å². The summed E-state index contributed by atoms with van der Waals surface area (Å²) in [6, 6.07) is 23.1. The van der Waals surface area contributed by atoms with E-state index in [0.717, 1.165) is 43.5 Å². The first-order valence-corrected chi connectivity index (χ1v) is 14.1. The molecule has 9 nitrogen and oxygen atoms in total. The fraction of sp³-hybridized carbons (Fsp3) is 0.0625. The lowest BCUT2D eigenvalue weighted by atomic mass is 10.1. The van der Waals surface area contributed by atoms with Crippen LogP contribution in [-0.4, -0.2) is 41.8 Å². The van der Waals surface area contributed by atoms with Gasteiger partial charge in [-0.15, -0.1) is 11.3 Å². The monoisotopic (exact) mass is 569 g/mol. The molecule has 1 amide bonds. The number of hydrogen-bond acceptors (Lipinski definition) is 7. The molecule has 0 atom stereocenters. The fourth-order valence-corrected chi connectivity index (χ4v) is 5.83. The third-order valence-electron chi connectivity index (χ3n) is 6.93. The minimum atomic E-state index is -0.120. The van der Waals surface area contributed by atoms with Crippen molar-refractivity contribution >= 4 is 50.7 Å². The van der Waals surface area contributed by atoms with Gasteiger partial charge >= 0.3 is 0 Å². The van der Waals surface area contributed by atoms with Crippen molar-refractivity contribution in [3.63, 3.8) is 0 Å². The second-order valence-electron chi connectivity index (χ2n) is 9.87. The van der Waals surface area contributed by atoms with Gasteiger partial charge in [-0.1, -0.05) is 42.5 Å². The van der Waals surface area contributed by atoms with Crippen molar-refractivity contribution in [2.75, 3.05) is 5.32 Å². The van der Waals surface area contributed by atoms with E-state index in [1.54, 1.807) is 25.5 Å². The summed E-state index contributed by atoms with van der Waals surface area (Å²) in [6.07, 6.45) is 5.33. The number of para-hydroxylation sites is 1. The highest BCUT2D eigenvalue weighted by atomic mass is 32.1. The van der Waals surface area contributed by atoms with Crippen LogP contribution in [0.3, 0.4) is 0 Å². The summed E-state index contributed by atoms with van der Waals surface area (Å²) < 4.78 is 0. The zero-order valence-electron chi connectivity index (χ0n) is 22.4. The van der Waals surface area contributed by atoms with Gasteiger partial charge in [-0.25, -0.2) is 4.98 Å². The average molecular weight is 570 g/mol. The number of fused-ring (bicyclic) bond motifs is 2. The van der Waals surface area contributed by atoms with Gasteiger partial charge in [0, 0.05) is 27.6 Å². The molecule has 3 N–H and O–H groups in total. The number of nitrogens with one attached hydrogen (secondary N) is 3. The van der Waals surface area contributed by atoms with E-state index in [-0.39, 0.29) is 18.1 Å². The number of imidazole rings is 1. The van der Waals surface area contributed by atoms with Crippen LogP contribution >= 0.6 is 11.3 Å². The highest BCUT2D eigenvalue weighted by Crippen LogP contribution is 2.35. The van der Waals surface area contributed by atoms with Crippen LogP contribution < -0.4 is 5.32 Å². The molecule has 10 heteroatoms. The second-order valence-corrected chi connectivity index (χ2v) is 11.0. The van der Waals surface area contributed by atoms with Gasteiger partial charge < -0.3 is 10.3 Å². The van der Waals surface area contributed by atoms with E-state index in [1.807, 2.05) is 72.8 Å². The third kappa shape index (κ3) is 4.84. The van der Waals surface area contributed by atoms with Crippen molar-refractivity contribution in [3.8, 4) is 33.2 Å². The van der Waals surface area contributed by atoms with Crippen LogP contribution in [0.15, 0.2) is 91.4 Å². The molecule has 7 rings (SSSR count). The summed E-state index contributed by atoms with van der Waals surface area (Å²) in [4.78, 5) is 43.4. The predicted octanol–water partition coefficient (Wildman–Crippen LogP) is 6.68. The number of rotatable bonds is 7. The summed E-state index contributed by atoms with van der Waals surface area (Å²) >= 11 is 1.46. The Bertz CT molecular complexity index is 2110. The lowest BCUT2D eigenvalue weighted by molar-refractivity contribution is -0.115. The van der Waals surface area contributed by atoms with Gasteiger partial charge in [-0.3, -0.25) is 24.7 Å².